The third kappa shape index (κ3) is 4.24. The van der Waals surface area contributed by atoms with Gasteiger partial charge in [-0.05, 0) is 30.9 Å². The molecule has 1 amide bonds. The maximum atomic E-state index is 12.0. The van der Waals surface area contributed by atoms with Crippen LogP contribution in [0.5, 0.6) is 0 Å². The molecule has 0 heterocycles. The highest BCUT2D eigenvalue weighted by molar-refractivity contribution is 9.10. The fourth-order valence-electron chi connectivity index (χ4n) is 1.47. The third-order valence-electron chi connectivity index (χ3n) is 2.45. The van der Waals surface area contributed by atoms with Gasteiger partial charge in [-0.15, -0.1) is 0 Å². The van der Waals surface area contributed by atoms with Gasteiger partial charge < -0.3 is 11.1 Å². The number of thioether (sulfide) groups is 1. The summed E-state index contributed by atoms with van der Waals surface area (Å²) in [7, 11) is 0. The minimum Gasteiger partial charge on any atom is -0.398 e. The van der Waals surface area contributed by atoms with Gasteiger partial charge in [-0.3, -0.25) is 4.79 Å². The van der Waals surface area contributed by atoms with E-state index in [-0.39, 0.29) is 11.9 Å². The van der Waals surface area contributed by atoms with Crippen molar-refractivity contribution in [3.63, 3.8) is 0 Å². The van der Waals surface area contributed by atoms with E-state index < -0.39 is 0 Å². The molecule has 0 bridgehead atoms. The molecule has 3 N–H and O–H groups in total. The quantitative estimate of drug-likeness (QED) is 0.821. The Bertz CT molecular complexity index is 398. The molecular weight excluding hydrogens is 300 g/mol. The number of nitrogens with two attached hydrogens (primary N) is 1. The van der Waals surface area contributed by atoms with Gasteiger partial charge in [0, 0.05) is 22.0 Å². The van der Waals surface area contributed by atoms with Crippen LogP contribution < -0.4 is 11.1 Å². The second-order valence-corrected chi connectivity index (χ2v) is 5.59. The number of hydrogen-bond donors (Lipinski definition) is 2. The molecule has 0 aliphatic rings. The van der Waals surface area contributed by atoms with Crippen LogP contribution in [-0.4, -0.2) is 24.0 Å². The fourth-order valence-corrected chi connectivity index (χ4v) is 2.57. The Balaban J connectivity index is 2.75. The molecule has 1 rings (SSSR count). The van der Waals surface area contributed by atoms with Gasteiger partial charge in [-0.1, -0.05) is 22.9 Å². The first kappa shape index (κ1) is 14.4. The molecule has 0 saturated carbocycles. The summed E-state index contributed by atoms with van der Waals surface area (Å²) in [5.74, 6) is 0.814. The Morgan fingerprint density at radius 1 is 1.59 bits per heavy atom. The van der Waals surface area contributed by atoms with Crippen LogP contribution in [0.4, 0.5) is 5.69 Å². The van der Waals surface area contributed by atoms with Crippen molar-refractivity contribution in [1.29, 1.82) is 0 Å². The average Bonchev–Trinajstić information content (AvgIpc) is 2.28. The van der Waals surface area contributed by atoms with E-state index in [0.29, 0.717) is 11.3 Å². The Hall–Kier alpha value is -0.680. The van der Waals surface area contributed by atoms with E-state index in [2.05, 4.69) is 28.2 Å². The van der Waals surface area contributed by atoms with Crippen molar-refractivity contribution in [3.8, 4) is 0 Å². The lowest BCUT2D eigenvalue weighted by Gasteiger charge is -2.16. The summed E-state index contributed by atoms with van der Waals surface area (Å²) < 4.78 is 0.878. The molecule has 0 aromatic heterocycles. The second kappa shape index (κ2) is 6.91. The summed E-state index contributed by atoms with van der Waals surface area (Å²) in [6.07, 6.45) is 2.95. The summed E-state index contributed by atoms with van der Waals surface area (Å²) in [6, 6.07) is 5.49. The number of anilines is 1. The molecule has 0 fully saturated rings. The fraction of sp³-hybridized carbons (Fsp3) is 0.417. The number of benzene rings is 1. The minimum atomic E-state index is -0.101. The van der Waals surface area contributed by atoms with E-state index in [9.17, 15) is 4.79 Å². The lowest BCUT2D eigenvalue weighted by Crippen LogP contribution is -2.36. The molecule has 1 unspecified atom stereocenters. The van der Waals surface area contributed by atoms with Crippen LogP contribution in [0.3, 0.4) is 0 Å². The lowest BCUT2D eigenvalue weighted by molar-refractivity contribution is 0.0941. The first-order valence-corrected chi connectivity index (χ1v) is 7.62. The molecular formula is C12H17BrN2OS. The molecule has 3 nitrogen and oxygen atoms in total. The maximum absolute atomic E-state index is 12.0. The molecule has 17 heavy (non-hydrogen) atoms. The summed E-state index contributed by atoms with van der Waals surface area (Å²) in [5, 5.41) is 2.99. The maximum Gasteiger partial charge on any atom is 0.253 e. The van der Waals surface area contributed by atoms with Crippen LogP contribution in [0.1, 0.15) is 23.7 Å². The summed E-state index contributed by atoms with van der Waals surface area (Å²) in [4.78, 5) is 12.0. The first-order chi connectivity index (χ1) is 8.08. The molecule has 1 aromatic carbocycles. The van der Waals surface area contributed by atoms with Gasteiger partial charge in [-0.25, -0.2) is 0 Å². The van der Waals surface area contributed by atoms with Crippen molar-refractivity contribution in [2.45, 2.75) is 19.4 Å². The molecule has 0 aliphatic heterocycles. The van der Waals surface area contributed by atoms with E-state index in [1.807, 2.05) is 12.3 Å². The van der Waals surface area contributed by atoms with Crippen molar-refractivity contribution in [2.75, 3.05) is 17.7 Å². The van der Waals surface area contributed by atoms with Crippen LogP contribution in [0.2, 0.25) is 0 Å². The highest BCUT2D eigenvalue weighted by atomic mass is 79.9. The first-order valence-electron chi connectivity index (χ1n) is 5.43. The van der Waals surface area contributed by atoms with Crippen molar-refractivity contribution >= 4 is 39.3 Å². The lowest BCUT2D eigenvalue weighted by atomic mass is 10.1. The van der Waals surface area contributed by atoms with E-state index >= 15 is 0 Å². The van der Waals surface area contributed by atoms with Gasteiger partial charge in [0.15, 0.2) is 0 Å². The molecule has 1 aromatic rings. The zero-order valence-corrected chi connectivity index (χ0v) is 12.4. The van der Waals surface area contributed by atoms with Gasteiger partial charge in [0.05, 0.1) is 5.56 Å². The van der Waals surface area contributed by atoms with Crippen molar-refractivity contribution in [2.24, 2.45) is 0 Å². The number of carbonyl (C=O) groups is 1. The van der Waals surface area contributed by atoms with Gasteiger partial charge in [0.2, 0.25) is 0 Å². The zero-order valence-electron chi connectivity index (χ0n) is 10.00. The van der Waals surface area contributed by atoms with Crippen molar-refractivity contribution in [3.05, 3.63) is 28.2 Å². The van der Waals surface area contributed by atoms with E-state index in [1.165, 1.54) is 0 Å². The van der Waals surface area contributed by atoms with Crippen LogP contribution in [-0.2, 0) is 0 Å². The van der Waals surface area contributed by atoms with Crippen molar-refractivity contribution < 1.29 is 4.79 Å². The van der Waals surface area contributed by atoms with Gasteiger partial charge >= 0.3 is 0 Å². The highest BCUT2D eigenvalue weighted by Gasteiger charge is 2.14. The van der Waals surface area contributed by atoms with E-state index in [0.717, 1.165) is 16.6 Å². The summed E-state index contributed by atoms with van der Waals surface area (Å²) in [5.41, 5.74) is 6.85. The van der Waals surface area contributed by atoms with Gasteiger partial charge in [0.25, 0.3) is 5.91 Å². The van der Waals surface area contributed by atoms with Crippen LogP contribution in [0.25, 0.3) is 0 Å². The van der Waals surface area contributed by atoms with Crippen LogP contribution >= 0.6 is 27.7 Å². The standard InChI is InChI=1S/C12H17BrN2OS/c1-3-9(7-17-2)15-12(16)10-5-4-8(13)6-11(10)14/h4-6,9H,3,7,14H2,1-2H3,(H,15,16). The Morgan fingerprint density at radius 3 is 2.82 bits per heavy atom. The van der Waals surface area contributed by atoms with Gasteiger partial charge in [0.1, 0.15) is 0 Å². The van der Waals surface area contributed by atoms with E-state index in [4.69, 9.17) is 5.73 Å². The van der Waals surface area contributed by atoms with Crippen LogP contribution in [0, 0.1) is 0 Å². The number of nitrogen functional groups attached to an aromatic ring is 1. The Morgan fingerprint density at radius 2 is 2.29 bits per heavy atom. The molecule has 0 aliphatic carbocycles. The largest absolute Gasteiger partial charge is 0.398 e. The molecule has 0 spiro atoms. The Labute approximate surface area is 115 Å². The number of carbonyl (C=O) groups excluding carboxylic acids is 1. The topological polar surface area (TPSA) is 55.1 Å². The smallest absolute Gasteiger partial charge is 0.253 e. The average molecular weight is 317 g/mol. The number of halogens is 1. The minimum absolute atomic E-state index is 0.101. The molecule has 0 radical (unpaired) electrons. The second-order valence-electron chi connectivity index (χ2n) is 3.77. The molecule has 1 atom stereocenters. The zero-order chi connectivity index (χ0) is 12.8. The van der Waals surface area contributed by atoms with Gasteiger partial charge in [-0.2, -0.15) is 11.8 Å². The molecule has 94 valence electrons. The molecule has 5 heteroatoms. The molecule has 0 saturated heterocycles. The number of amides is 1. The normalized spacial score (nSPS) is 12.2. The number of rotatable bonds is 5. The van der Waals surface area contributed by atoms with Crippen LogP contribution in [0.15, 0.2) is 22.7 Å². The SMILES string of the molecule is CCC(CSC)NC(=O)c1ccc(Br)cc1N. The predicted octanol–water partition coefficient (Wildman–Crippen LogP) is 2.90. The third-order valence-corrected chi connectivity index (χ3v) is 3.68. The monoisotopic (exact) mass is 316 g/mol. The highest BCUT2D eigenvalue weighted by Crippen LogP contribution is 2.18. The van der Waals surface area contributed by atoms with E-state index in [1.54, 1.807) is 23.9 Å². The number of hydrogen-bond acceptors (Lipinski definition) is 3. The predicted molar refractivity (Wildman–Crippen MR) is 78.5 cm³/mol. The van der Waals surface area contributed by atoms with Crippen molar-refractivity contribution in [1.82, 2.24) is 5.32 Å². The number of nitrogens with one attached hydrogen (secondary N) is 1. The summed E-state index contributed by atoms with van der Waals surface area (Å²) >= 11 is 5.04. The summed E-state index contributed by atoms with van der Waals surface area (Å²) in [6.45, 7) is 2.06. The Kier molecular flexibility index (Phi) is 5.85.